The van der Waals surface area contributed by atoms with Gasteiger partial charge in [0.25, 0.3) is 10.0 Å². The maximum Gasteiger partial charge on any atom is 0.371 e. The quantitative estimate of drug-likeness (QED) is 0.537. The van der Waals surface area contributed by atoms with Gasteiger partial charge in [-0.15, -0.1) is 0 Å². The Hall–Kier alpha value is -3.30. The van der Waals surface area contributed by atoms with Crippen LogP contribution in [0, 0.1) is 0 Å². The van der Waals surface area contributed by atoms with Gasteiger partial charge in [-0.2, -0.15) is 0 Å². The third-order valence-corrected chi connectivity index (χ3v) is 5.51. The minimum atomic E-state index is -3.96. The van der Waals surface area contributed by atoms with Crippen LogP contribution in [0.3, 0.4) is 0 Å². The minimum Gasteiger partial charge on any atom is -0.475 e. The number of nitrogens with one attached hydrogen (secondary N) is 2. The minimum absolute atomic E-state index is 0.0285. The van der Waals surface area contributed by atoms with E-state index in [0.717, 1.165) is 0 Å². The fraction of sp³-hybridized carbons (Fsp3) is 0.0526. The zero-order valence-corrected chi connectivity index (χ0v) is 16.5. The Labute approximate surface area is 171 Å². The number of benzene rings is 2. The fourth-order valence-electron chi connectivity index (χ4n) is 2.49. The molecule has 150 valence electrons. The highest BCUT2D eigenvalue weighted by atomic mass is 35.5. The van der Waals surface area contributed by atoms with E-state index in [4.69, 9.17) is 21.1 Å². The van der Waals surface area contributed by atoms with Gasteiger partial charge in [0.1, 0.15) is 5.76 Å². The van der Waals surface area contributed by atoms with Gasteiger partial charge in [0.05, 0.1) is 15.6 Å². The predicted molar refractivity (Wildman–Crippen MR) is 108 cm³/mol. The van der Waals surface area contributed by atoms with E-state index in [1.807, 2.05) is 0 Å². The predicted octanol–water partition coefficient (Wildman–Crippen LogP) is 4.06. The summed E-state index contributed by atoms with van der Waals surface area (Å²) in [5.74, 6) is -1.48. The first-order valence-electron chi connectivity index (χ1n) is 8.19. The Morgan fingerprint density at radius 1 is 1.03 bits per heavy atom. The molecule has 0 aliphatic rings. The molecule has 0 unspecified atom stereocenters. The van der Waals surface area contributed by atoms with Gasteiger partial charge < -0.3 is 14.8 Å². The van der Waals surface area contributed by atoms with E-state index in [2.05, 4.69) is 10.0 Å². The summed E-state index contributed by atoms with van der Waals surface area (Å²) in [7, 11) is -3.96. The molecule has 3 aromatic rings. The number of furan rings is 1. The topological polar surface area (TPSA) is 126 Å². The number of aromatic carboxylic acids is 1. The van der Waals surface area contributed by atoms with Crippen LogP contribution in [-0.2, 0) is 14.8 Å². The van der Waals surface area contributed by atoms with E-state index in [0.29, 0.717) is 11.3 Å². The highest BCUT2D eigenvalue weighted by molar-refractivity contribution is 7.92. The molecule has 0 atom stereocenters. The number of rotatable bonds is 6. The fourth-order valence-corrected chi connectivity index (χ4v) is 3.78. The standard InChI is InChI=1S/C19H15ClN2O6S/c1-11(23)21-13-3-5-14(6-4-13)29(26,27)22-16-10-12(2-7-15(16)20)17-8-9-18(28-17)19(24)25/h2-10,22H,1H3,(H,21,23)(H,24,25). The molecule has 3 rings (SSSR count). The smallest absolute Gasteiger partial charge is 0.371 e. The van der Waals surface area contributed by atoms with Crippen molar-refractivity contribution in [2.45, 2.75) is 11.8 Å². The highest BCUT2D eigenvalue weighted by Crippen LogP contribution is 2.31. The molecule has 2 aromatic carbocycles. The molecule has 1 amide bonds. The van der Waals surface area contributed by atoms with E-state index in [1.165, 1.54) is 55.5 Å². The van der Waals surface area contributed by atoms with Crippen molar-refractivity contribution in [3.05, 3.63) is 65.4 Å². The molecule has 0 aliphatic carbocycles. The van der Waals surface area contributed by atoms with Crippen LogP contribution >= 0.6 is 11.6 Å². The Bertz CT molecular complexity index is 1190. The molecule has 1 heterocycles. The van der Waals surface area contributed by atoms with Crippen molar-refractivity contribution in [2.75, 3.05) is 10.0 Å². The van der Waals surface area contributed by atoms with E-state index in [9.17, 15) is 18.0 Å². The number of carboxylic acids is 1. The summed E-state index contributed by atoms with van der Waals surface area (Å²) in [6, 6.07) is 12.9. The zero-order chi connectivity index (χ0) is 21.2. The molecular weight excluding hydrogens is 420 g/mol. The lowest BCUT2D eigenvalue weighted by Gasteiger charge is -2.11. The molecule has 8 nitrogen and oxygen atoms in total. The Morgan fingerprint density at radius 2 is 1.72 bits per heavy atom. The molecule has 1 aromatic heterocycles. The van der Waals surface area contributed by atoms with Gasteiger partial charge in [-0.3, -0.25) is 9.52 Å². The summed E-state index contributed by atoms with van der Waals surface area (Å²) in [6.07, 6.45) is 0. The normalized spacial score (nSPS) is 11.1. The van der Waals surface area contributed by atoms with Crippen molar-refractivity contribution in [3.63, 3.8) is 0 Å². The second kappa shape index (κ2) is 7.98. The summed E-state index contributed by atoms with van der Waals surface area (Å²) in [4.78, 5) is 22.0. The van der Waals surface area contributed by atoms with Gasteiger partial charge in [0.15, 0.2) is 0 Å². The number of halogens is 1. The molecule has 3 N–H and O–H groups in total. The molecule has 0 radical (unpaired) electrons. The molecule has 0 saturated heterocycles. The largest absolute Gasteiger partial charge is 0.475 e. The first-order valence-corrected chi connectivity index (χ1v) is 10.1. The van der Waals surface area contributed by atoms with Crippen molar-refractivity contribution in [1.82, 2.24) is 0 Å². The molecule has 0 bridgehead atoms. The van der Waals surface area contributed by atoms with Crippen LogP contribution in [0.5, 0.6) is 0 Å². The van der Waals surface area contributed by atoms with Crippen molar-refractivity contribution in [1.29, 1.82) is 0 Å². The van der Waals surface area contributed by atoms with Crippen LogP contribution < -0.4 is 10.0 Å². The lowest BCUT2D eigenvalue weighted by Crippen LogP contribution is -2.13. The molecule has 0 fully saturated rings. The van der Waals surface area contributed by atoms with Crippen molar-refractivity contribution < 1.29 is 27.5 Å². The molecule has 0 spiro atoms. The SMILES string of the molecule is CC(=O)Nc1ccc(S(=O)(=O)Nc2cc(-c3ccc(C(=O)O)o3)ccc2Cl)cc1. The first-order chi connectivity index (χ1) is 13.7. The number of carbonyl (C=O) groups is 2. The average molecular weight is 435 g/mol. The first kappa shape index (κ1) is 20.4. The number of carboxylic acid groups (broad SMARTS) is 1. The van der Waals surface area contributed by atoms with Crippen LogP contribution in [0.15, 0.2) is 63.9 Å². The van der Waals surface area contributed by atoms with Gasteiger partial charge in [0.2, 0.25) is 11.7 Å². The van der Waals surface area contributed by atoms with Crippen LogP contribution in [0.4, 0.5) is 11.4 Å². The van der Waals surface area contributed by atoms with Crippen LogP contribution in [0.25, 0.3) is 11.3 Å². The van der Waals surface area contributed by atoms with Crippen LogP contribution in [-0.4, -0.2) is 25.4 Å². The molecule has 0 aliphatic heterocycles. The second-order valence-electron chi connectivity index (χ2n) is 5.97. The number of anilines is 2. The van der Waals surface area contributed by atoms with E-state index in [-0.39, 0.29) is 33.0 Å². The van der Waals surface area contributed by atoms with Crippen LogP contribution in [0.2, 0.25) is 5.02 Å². The zero-order valence-electron chi connectivity index (χ0n) is 15.0. The average Bonchev–Trinajstić information content (AvgIpc) is 3.14. The number of carbonyl (C=O) groups excluding carboxylic acids is 1. The summed E-state index contributed by atoms with van der Waals surface area (Å²) in [6.45, 7) is 1.35. The van der Waals surface area contributed by atoms with Gasteiger partial charge in [-0.05, 0) is 54.6 Å². The lowest BCUT2D eigenvalue weighted by molar-refractivity contribution is -0.114. The monoisotopic (exact) mass is 434 g/mol. The van der Waals surface area contributed by atoms with Gasteiger partial charge in [0, 0.05) is 18.2 Å². The molecule has 0 saturated carbocycles. The number of hydrogen-bond donors (Lipinski definition) is 3. The molecular formula is C19H15ClN2O6S. The maximum atomic E-state index is 12.7. The van der Waals surface area contributed by atoms with E-state index < -0.39 is 16.0 Å². The third-order valence-electron chi connectivity index (χ3n) is 3.80. The van der Waals surface area contributed by atoms with Crippen LogP contribution in [0.1, 0.15) is 17.5 Å². The van der Waals surface area contributed by atoms with E-state index >= 15 is 0 Å². The number of hydrogen-bond acceptors (Lipinski definition) is 5. The molecule has 29 heavy (non-hydrogen) atoms. The summed E-state index contributed by atoms with van der Waals surface area (Å²) < 4.78 is 33.0. The number of sulfonamides is 1. The molecule has 10 heteroatoms. The van der Waals surface area contributed by atoms with Gasteiger partial charge >= 0.3 is 5.97 Å². The summed E-state index contributed by atoms with van der Waals surface area (Å²) in [5, 5.41) is 11.7. The van der Waals surface area contributed by atoms with Gasteiger partial charge in [-0.1, -0.05) is 11.6 Å². The highest BCUT2D eigenvalue weighted by Gasteiger charge is 2.18. The number of amides is 1. The van der Waals surface area contributed by atoms with E-state index in [1.54, 1.807) is 6.07 Å². The Balaban J connectivity index is 1.88. The van der Waals surface area contributed by atoms with Crippen molar-refractivity contribution in [2.24, 2.45) is 0 Å². The summed E-state index contributed by atoms with van der Waals surface area (Å²) >= 11 is 6.12. The maximum absolute atomic E-state index is 12.7. The van der Waals surface area contributed by atoms with Crippen molar-refractivity contribution in [3.8, 4) is 11.3 Å². The van der Waals surface area contributed by atoms with Gasteiger partial charge in [-0.25, -0.2) is 13.2 Å². The Morgan fingerprint density at radius 3 is 2.31 bits per heavy atom. The summed E-state index contributed by atoms with van der Waals surface area (Å²) in [5.41, 5.74) is 1.01. The lowest BCUT2D eigenvalue weighted by atomic mass is 10.1. The van der Waals surface area contributed by atoms with Crippen molar-refractivity contribution >= 4 is 44.9 Å². The third kappa shape index (κ3) is 4.76. The second-order valence-corrected chi connectivity index (χ2v) is 8.06. The Kier molecular flexibility index (Phi) is 5.62.